The summed E-state index contributed by atoms with van der Waals surface area (Å²) in [6, 6.07) is 9.07. The van der Waals surface area contributed by atoms with Crippen molar-refractivity contribution in [2.45, 2.75) is 91.0 Å². The van der Waals surface area contributed by atoms with Crippen LogP contribution in [0.3, 0.4) is 0 Å². The van der Waals surface area contributed by atoms with Gasteiger partial charge in [0, 0.05) is 71.6 Å². The molecule has 7 rings (SSSR count). The third-order valence-corrected chi connectivity index (χ3v) is 11.0. The molecule has 3 aromatic heterocycles. The van der Waals surface area contributed by atoms with Gasteiger partial charge < -0.3 is 19.4 Å². The number of amides is 2. The van der Waals surface area contributed by atoms with Crippen LogP contribution in [0.25, 0.3) is 33.4 Å². The van der Waals surface area contributed by atoms with Crippen molar-refractivity contribution in [2.75, 3.05) is 20.3 Å². The second-order valence-electron chi connectivity index (χ2n) is 14.5. The molecule has 0 spiro atoms. The maximum Gasteiger partial charge on any atom is 0.324 e. The lowest BCUT2D eigenvalue weighted by molar-refractivity contribution is -0.155. The fourth-order valence-electron chi connectivity index (χ4n) is 7.20. The number of nitrogens with one attached hydrogen (secondary N) is 2. The summed E-state index contributed by atoms with van der Waals surface area (Å²) in [5, 5.41) is 8.37. The van der Waals surface area contributed by atoms with Gasteiger partial charge in [0.15, 0.2) is 0 Å². The van der Waals surface area contributed by atoms with Crippen molar-refractivity contribution in [3.05, 3.63) is 58.2 Å². The van der Waals surface area contributed by atoms with Crippen LogP contribution in [0.1, 0.15) is 75.7 Å². The molecule has 2 fully saturated rings. The second-order valence-corrected chi connectivity index (χ2v) is 15.5. The third-order valence-electron chi connectivity index (χ3n) is 10.1. The molecular formula is C38H46N6O5S. The topological polar surface area (TPSA) is 128 Å². The molecule has 0 radical (unpaired) electrons. The molecule has 2 aliphatic heterocycles. The lowest BCUT2D eigenvalue weighted by atomic mass is 9.84. The summed E-state index contributed by atoms with van der Waals surface area (Å²) in [6.45, 7) is 9.77. The van der Waals surface area contributed by atoms with E-state index in [2.05, 4.69) is 60.3 Å². The number of cyclic esters (lactones) is 1. The van der Waals surface area contributed by atoms with Gasteiger partial charge in [0.05, 0.1) is 34.8 Å². The fourth-order valence-corrected chi connectivity index (χ4v) is 8.05. The van der Waals surface area contributed by atoms with Gasteiger partial charge in [0.1, 0.15) is 12.1 Å². The Morgan fingerprint density at radius 1 is 1.22 bits per heavy atom. The van der Waals surface area contributed by atoms with Gasteiger partial charge >= 0.3 is 5.97 Å². The predicted molar refractivity (Wildman–Crippen MR) is 192 cm³/mol. The number of benzene rings is 1. The number of nitrogens with zero attached hydrogens (tertiary/aromatic N) is 4. The molecule has 6 bridgehead atoms. The lowest BCUT2D eigenvalue weighted by Gasteiger charge is -2.35. The van der Waals surface area contributed by atoms with Crippen LogP contribution >= 0.6 is 11.3 Å². The molecular weight excluding hydrogens is 653 g/mol. The van der Waals surface area contributed by atoms with Crippen LogP contribution < -0.4 is 10.7 Å². The zero-order valence-corrected chi connectivity index (χ0v) is 30.3. The van der Waals surface area contributed by atoms with E-state index >= 15 is 0 Å². The molecule has 3 atom stereocenters. The van der Waals surface area contributed by atoms with Crippen molar-refractivity contribution in [3.63, 3.8) is 0 Å². The highest BCUT2D eigenvalue weighted by Crippen LogP contribution is 2.42. The maximum absolute atomic E-state index is 13.9. The van der Waals surface area contributed by atoms with Crippen LogP contribution in [-0.4, -0.2) is 69.7 Å². The van der Waals surface area contributed by atoms with E-state index in [1.54, 1.807) is 13.3 Å². The summed E-state index contributed by atoms with van der Waals surface area (Å²) >= 11 is 1.49. The Hall–Kier alpha value is -4.13. The zero-order chi connectivity index (χ0) is 35.2. The van der Waals surface area contributed by atoms with Crippen molar-refractivity contribution in [1.29, 1.82) is 0 Å². The third kappa shape index (κ3) is 6.80. The highest BCUT2D eigenvalue weighted by molar-refractivity contribution is 7.10. The molecule has 2 N–H and O–H groups in total. The number of fused-ring (bicyclic) bond motifs is 6. The maximum atomic E-state index is 13.9. The summed E-state index contributed by atoms with van der Waals surface area (Å²) in [7, 11) is 1.70. The molecule has 11 nitrogen and oxygen atoms in total. The Morgan fingerprint density at radius 2 is 2.04 bits per heavy atom. The van der Waals surface area contributed by atoms with E-state index in [9.17, 15) is 14.4 Å². The molecule has 264 valence electrons. The number of hydrogen-bond acceptors (Lipinski definition) is 9. The molecule has 0 unspecified atom stereocenters. The van der Waals surface area contributed by atoms with Crippen LogP contribution in [0.15, 0.2) is 41.9 Å². The van der Waals surface area contributed by atoms with E-state index in [0.717, 1.165) is 69.1 Å². The van der Waals surface area contributed by atoms with Gasteiger partial charge in [-0.3, -0.25) is 24.4 Å². The van der Waals surface area contributed by atoms with Gasteiger partial charge in [-0.2, -0.15) is 0 Å². The Kier molecular flexibility index (Phi) is 9.53. The first-order valence-corrected chi connectivity index (χ1v) is 18.6. The van der Waals surface area contributed by atoms with Crippen molar-refractivity contribution >= 4 is 40.0 Å². The Morgan fingerprint density at radius 3 is 2.80 bits per heavy atom. The average molecular weight is 699 g/mol. The number of esters is 1. The molecule has 1 aliphatic carbocycles. The van der Waals surface area contributed by atoms with E-state index < -0.39 is 17.5 Å². The number of methoxy groups -OCH3 is 1. The minimum Gasteiger partial charge on any atom is -0.464 e. The first kappa shape index (κ1) is 34.3. The Labute approximate surface area is 296 Å². The monoisotopic (exact) mass is 698 g/mol. The van der Waals surface area contributed by atoms with Gasteiger partial charge in [0.2, 0.25) is 5.91 Å². The Balaban J connectivity index is 1.36. The molecule has 3 aliphatic rings. The summed E-state index contributed by atoms with van der Waals surface area (Å²) in [4.78, 5) is 50.2. The first-order chi connectivity index (χ1) is 24.1. The normalized spacial score (nSPS) is 21.8. The summed E-state index contributed by atoms with van der Waals surface area (Å²) in [5.74, 6) is -0.818. The molecule has 1 saturated carbocycles. The molecule has 1 aromatic carbocycles. The van der Waals surface area contributed by atoms with E-state index in [1.807, 2.05) is 18.4 Å². The van der Waals surface area contributed by atoms with Crippen molar-refractivity contribution < 1.29 is 23.9 Å². The number of aryl methyl sites for hydroxylation is 1. The number of rotatable bonds is 6. The van der Waals surface area contributed by atoms with E-state index in [0.29, 0.717) is 25.8 Å². The zero-order valence-electron chi connectivity index (χ0n) is 29.5. The number of carbonyl (C=O) groups is 3. The number of pyridine rings is 1. The van der Waals surface area contributed by atoms with Gasteiger partial charge in [-0.25, -0.2) is 10.4 Å². The van der Waals surface area contributed by atoms with Crippen molar-refractivity contribution in [1.82, 2.24) is 30.3 Å². The number of hydrogen-bond donors (Lipinski definition) is 2. The fraction of sp³-hybridized carbons (Fsp3) is 0.500. The van der Waals surface area contributed by atoms with Gasteiger partial charge in [-0.15, -0.1) is 11.3 Å². The smallest absolute Gasteiger partial charge is 0.324 e. The molecule has 50 heavy (non-hydrogen) atoms. The average Bonchev–Trinajstić information content (AvgIpc) is 3.81. The van der Waals surface area contributed by atoms with Crippen LogP contribution in [0.2, 0.25) is 0 Å². The minimum absolute atomic E-state index is 0.0511. The van der Waals surface area contributed by atoms with E-state index in [4.69, 9.17) is 19.4 Å². The Bertz CT molecular complexity index is 1930. The molecule has 4 aromatic rings. The first-order valence-electron chi connectivity index (χ1n) is 17.7. The highest BCUT2D eigenvalue weighted by Gasteiger charge is 2.38. The number of ether oxygens (including phenoxy) is 2. The number of hydrazine groups is 1. The van der Waals surface area contributed by atoms with Crippen molar-refractivity contribution in [2.24, 2.45) is 11.3 Å². The molecule has 12 heteroatoms. The van der Waals surface area contributed by atoms with Gasteiger partial charge in [-0.1, -0.05) is 19.9 Å². The predicted octanol–water partition coefficient (Wildman–Crippen LogP) is 5.61. The largest absolute Gasteiger partial charge is 0.464 e. The molecule has 2 amide bonds. The lowest BCUT2D eigenvalue weighted by Crippen LogP contribution is -2.60. The standard InChI is InChI=1S/C38H46N6O5S/c1-6-43-31-14-13-24-17-26(31)27(34(43)25-9-7-15-39-33(25)22(2)48-5)19-38(3,4)21-49-37(47)28-10-8-16-44(42-28)36(46)29(41-35(45)23-11-12-23)18-32-40-30(24)20-50-32/h7,9,13-15,17,20,22-23,28-29,42H,6,8,10-12,16,18-19,21H2,1-5H3,(H,41,45)/t22-,28-,29-/m0/s1. The summed E-state index contributed by atoms with van der Waals surface area (Å²) in [6.07, 6.45) is 5.34. The van der Waals surface area contributed by atoms with Crippen LogP contribution in [0, 0.1) is 11.3 Å². The van der Waals surface area contributed by atoms with Crippen molar-refractivity contribution in [3.8, 4) is 22.5 Å². The second kappa shape index (κ2) is 13.9. The minimum atomic E-state index is -0.805. The summed E-state index contributed by atoms with van der Waals surface area (Å²) < 4.78 is 14.1. The molecule has 5 heterocycles. The van der Waals surface area contributed by atoms with Crippen LogP contribution in [-0.2, 0) is 43.2 Å². The summed E-state index contributed by atoms with van der Waals surface area (Å²) in [5.41, 5.74) is 9.69. The van der Waals surface area contributed by atoms with E-state index in [-0.39, 0.29) is 42.8 Å². The van der Waals surface area contributed by atoms with Gasteiger partial charge in [-0.05, 0) is 75.8 Å². The van der Waals surface area contributed by atoms with Gasteiger partial charge in [0.25, 0.3) is 5.91 Å². The highest BCUT2D eigenvalue weighted by atomic mass is 32.1. The SMILES string of the molecule is CCn1c(-c2cccnc2[C@H](C)OC)c2c3cc(ccc31)-c1csc(n1)C[C@H](NC(=O)C1CC1)C(=O)N1CCC[C@H](N1)C(=O)OCC(C)(C)C2. The number of thiazole rings is 1. The number of aromatic nitrogens is 3. The molecule has 1 saturated heterocycles. The van der Waals surface area contributed by atoms with E-state index in [1.165, 1.54) is 16.3 Å². The van der Waals surface area contributed by atoms with Crippen LogP contribution in [0.5, 0.6) is 0 Å². The quantitative estimate of drug-likeness (QED) is 0.249. The van der Waals surface area contributed by atoms with Crippen LogP contribution in [0.4, 0.5) is 0 Å². The number of carbonyl (C=O) groups excluding carboxylic acids is 3.